The summed E-state index contributed by atoms with van der Waals surface area (Å²) in [6.45, 7) is -0.584. The van der Waals surface area contributed by atoms with Crippen LogP contribution in [0.15, 0.2) is 27.8 Å². The van der Waals surface area contributed by atoms with Crippen LogP contribution in [0, 0.1) is 18.2 Å². The minimum absolute atomic E-state index is 0.101. The SMILES string of the molecule is C#CCN(c1cc(-n2c(=O)cc(C(F)(F)F)n(C)c2=O)c(F)cc1Cl)S(=O)(=O)CCl. The van der Waals surface area contributed by atoms with Crippen LogP contribution < -0.4 is 15.6 Å². The summed E-state index contributed by atoms with van der Waals surface area (Å²) in [6, 6.07) is 1.39. The second-order valence-electron chi connectivity index (χ2n) is 5.73. The molecule has 2 rings (SSSR count). The second kappa shape index (κ2) is 8.33. The van der Waals surface area contributed by atoms with Crippen molar-refractivity contribution < 1.29 is 26.0 Å². The van der Waals surface area contributed by atoms with E-state index in [1.807, 2.05) is 5.92 Å². The third-order valence-electron chi connectivity index (χ3n) is 3.85. The molecule has 0 aliphatic carbocycles. The van der Waals surface area contributed by atoms with E-state index in [0.717, 1.165) is 7.05 Å². The van der Waals surface area contributed by atoms with Gasteiger partial charge in [-0.15, -0.1) is 18.0 Å². The zero-order chi connectivity index (χ0) is 23.0. The monoisotopic (exact) mass is 487 g/mol. The van der Waals surface area contributed by atoms with Crippen LogP contribution in [0.25, 0.3) is 5.69 Å². The van der Waals surface area contributed by atoms with E-state index in [0.29, 0.717) is 16.4 Å². The Labute approximate surface area is 177 Å². The molecular weight excluding hydrogens is 477 g/mol. The fraction of sp³-hybridized carbons (Fsp3) is 0.250. The number of hydrogen-bond acceptors (Lipinski definition) is 4. The van der Waals surface area contributed by atoms with Crippen molar-refractivity contribution in [2.24, 2.45) is 7.05 Å². The Morgan fingerprint density at radius 1 is 1.23 bits per heavy atom. The van der Waals surface area contributed by atoms with Crippen LogP contribution in [0.2, 0.25) is 5.02 Å². The summed E-state index contributed by atoms with van der Waals surface area (Å²) >= 11 is 11.3. The van der Waals surface area contributed by atoms with E-state index >= 15 is 0 Å². The maximum Gasteiger partial charge on any atom is 0.431 e. The molecule has 0 saturated carbocycles. The van der Waals surface area contributed by atoms with E-state index in [1.165, 1.54) is 0 Å². The quantitative estimate of drug-likeness (QED) is 0.368. The number of halogens is 6. The maximum absolute atomic E-state index is 14.5. The van der Waals surface area contributed by atoms with Gasteiger partial charge >= 0.3 is 11.9 Å². The second-order valence-corrected chi connectivity index (χ2v) is 8.61. The number of aromatic nitrogens is 2. The fourth-order valence-electron chi connectivity index (χ4n) is 2.48. The number of benzene rings is 1. The third-order valence-corrected chi connectivity index (χ3v) is 6.25. The van der Waals surface area contributed by atoms with Crippen molar-refractivity contribution in [3.63, 3.8) is 0 Å². The Hall–Kier alpha value is -2.49. The first kappa shape index (κ1) is 23.8. The van der Waals surface area contributed by atoms with Gasteiger partial charge in [0.1, 0.15) is 16.7 Å². The van der Waals surface area contributed by atoms with Crippen LogP contribution >= 0.6 is 23.2 Å². The molecule has 162 valence electrons. The third kappa shape index (κ3) is 4.33. The first-order valence-electron chi connectivity index (χ1n) is 7.65. The summed E-state index contributed by atoms with van der Waals surface area (Å²) in [6.07, 6.45) is 0.121. The lowest BCUT2D eigenvalue weighted by Gasteiger charge is -2.23. The highest BCUT2D eigenvalue weighted by atomic mass is 35.5. The molecule has 0 unspecified atom stereocenters. The Balaban J connectivity index is 2.88. The summed E-state index contributed by atoms with van der Waals surface area (Å²) in [5.74, 6) is 0.768. The molecule has 0 saturated heterocycles. The summed E-state index contributed by atoms with van der Waals surface area (Å²) in [7, 11) is -3.50. The van der Waals surface area contributed by atoms with Gasteiger partial charge in [0.15, 0.2) is 0 Å². The average Bonchev–Trinajstić information content (AvgIpc) is 2.63. The average molecular weight is 488 g/mol. The minimum Gasteiger partial charge on any atom is -0.292 e. The molecule has 1 aromatic heterocycles. The normalized spacial score (nSPS) is 11.9. The highest BCUT2D eigenvalue weighted by molar-refractivity contribution is 7.93. The van der Waals surface area contributed by atoms with Crippen molar-refractivity contribution in [2.45, 2.75) is 6.18 Å². The van der Waals surface area contributed by atoms with Gasteiger partial charge < -0.3 is 0 Å². The van der Waals surface area contributed by atoms with Crippen molar-refractivity contribution in [3.05, 3.63) is 55.6 Å². The molecule has 0 N–H and O–H groups in total. The first-order chi connectivity index (χ1) is 13.8. The van der Waals surface area contributed by atoms with Crippen molar-refractivity contribution >= 4 is 38.9 Å². The summed E-state index contributed by atoms with van der Waals surface area (Å²) in [5.41, 5.74) is -5.84. The lowest BCUT2D eigenvalue weighted by molar-refractivity contribution is -0.144. The zero-order valence-electron chi connectivity index (χ0n) is 14.9. The van der Waals surface area contributed by atoms with Gasteiger partial charge in [0, 0.05) is 13.1 Å². The van der Waals surface area contributed by atoms with Gasteiger partial charge in [0.2, 0.25) is 10.0 Å². The molecule has 0 amide bonds. The number of sulfonamides is 1. The standard InChI is InChI=1S/C16H11Cl2F4N3O4S/c1-3-4-24(30(28,29)8-17)11-6-12(10(19)5-9(11)18)25-14(26)7-13(16(20,21)22)23(2)15(25)27/h1,5-7H,4,8H2,2H3. The molecule has 1 aromatic carbocycles. The Morgan fingerprint density at radius 3 is 2.33 bits per heavy atom. The van der Waals surface area contributed by atoms with Gasteiger partial charge in [-0.2, -0.15) is 13.2 Å². The van der Waals surface area contributed by atoms with Gasteiger partial charge in [0.05, 0.1) is 22.9 Å². The van der Waals surface area contributed by atoms with Gasteiger partial charge in [-0.1, -0.05) is 17.5 Å². The van der Waals surface area contributed by atoms with Gasteiger partial charge in [0.25, 0.3) is 5.56 Å². The van der Waals surface area contributed by atoms with Crippen molar-refractivity contribution in [3.8, 4) is 18.0 Å². The van der Waals surface area contributed by atoms with Crippen LogP contribution in [0.3, 0.4) is 0 Å². The molecule has 0 atom stereocenters. The van der Waals surface area contributed by atoms with Crippen LogP contribution in [0.5, 0.6) is 0 Å². The molecule has 0 aliphatic rings. The summed E-state index contributed by atoms with van der Waals surface area (Å²) < 4.78 is 78.7. The number of hydrogen-bond donors (Lipinski definition) is 0. The molecule has 0 spiro atoms. The van der Waals surface area contributed by atoms with E-state index in [9.17, 15) is 35.6 Å². The van der Waals surface area contributed by atoms with Crippen LogP contribution in [-0.2, 0) is 23.2 Å². The Kier molecular flexibility index (Phi) is 6.60. The van der Waals surface area contributed by atoms with Crippen LogP contribution in [0.4, 0.5) is 23.2 Å². The molecule has 2 aromatic rings. The topological polar surface area (TPSA) is 81.4 Å². The number of terminal acetylenes is 1. The smallest absolute Gasteiger partial charge is 0.292 e. The molecular formula is C16H11Cl2F4N3O4S. The van der Waals surface area contributed by atoms with E-state index in [2.05, 4.69) is 0 Å². The Bertz CT molecular complexity index is 1260. The lowest BCUT2D eigenvalue weighted by atomic mass is 10.2. The maximum atomic E-state index is 14.5. The number of anilines is 1. The highest BCUT2D eigenvalue weighted by Crippen LogP contribution is 2.32. The minimum atomic E-state index is -5.02. The largest absolute Gasteiger partial charge is 0.431 e. The molecule has 0 aliphatic heterocycles. The van der Waals surface area contributed by atoms with E-state index in [-0.39, 0.29) is 15.2 Å². The van der Waals surface area contributed by atoms with Crippen molar-refractivity contribution in [1.82, 2.24) is 9.13 Å². The molecule has 1 heterocycles. The van der Waals surface area contributed by atoms with E-state index in [4.69, 9.17) is 29.6 Å². The molecule has 30 heavy (non-hydrogen) atoms. The summed E-state index contributed by atoms with van der Waals surface area (Å²) in [4.78, 5) is 24.6. The first-order valence-corrected chi connectivity index (χ1v) is 10.2. The summed E-state index contributed by atoms with van der Waals surface area (Å²) in [5, 5.41) is -1.39. The zero-order valence-corrected chi connectivity index (χ0v) is 17.2. The number of alkyl halides is 4. The predicted octanol–water partition coefficient (Wildman–Crippen LogP) is 2.31. The van der Waals surface area contributed by atoms with Gasteiger partial charge in [-0.25, -0.2) is 22.2 Å². The van der Waals surface area contributed by atoms with Crippen LogP contribution in [0.1, 0.15) is 5.69 Å². The van der Waals surface area contributed by atoms with Crippen molar-refractivity contribution in [2.75, 3.05) is 16.1 Å². The highest BCUT2D eigenvalue weighted by Gasteiger charge is 2.35. The van der Waals surface area contributed by atoms with Gasteiger partial charge in [-0.05, 0) is 12.1 Å². The number of rotatable bonds is 5. The van der Waals surface area contributed by atoms with E-state index < -0.39 is 67.1 Å². The van der Waals surface area contributed by atoms with Crippen LogP contribution in [-0.4, -0.2) is 29.3 Å². The van der Waals surface area contributed by atoms with E-state index in [1.54, 1.807) is 0 Å². The molecule has 0 fully saturated rings. The number of nitrogens with zero attached hydrogens (tertiary/aromatic N) is 3. The molecule has 0 bridgehead atoms. The Morgan fingerprint density at radius 2 is 1.83 bits per heavy atom. The molecule has 0 radical (unpaired) electrons. The van der Waals surface area contributed by atoms with Gasteiger partial charge in [-0.3, -0.25) is 13.7 Å². The fourth-order valence-corrected chi connectivity index (χ4v) is 3.98. The molecule has 14 heteroatoms. The molecule has 7 nitrogen and oxygen atoms in total. The van der Waals surface area contributed by atoms with Crippen molar-refractivity contribution in [1.29, 1.82) is 0 Å². The lowest BCUT2D eigenvalue weighted by Crippen LogP contribution is -2.41. The predicted molar refractivity (Wildman–Crippen MR) is 103 cm³/mol.